The Balaban J connectivity index is 0.000000333. The fourth-order valence-corrected chi connectivity index (χ4v) is 18.9. The second-order valence-corrected chi connectivity index (χ2v) is 25.5. The van der Waals surface area contributed by atoms with Gasteiger partial charge in [-0.25, -0.2) is 0 Å². The van der Waals surface area contributed by atoms with E-state index in [4.69, 9.17) is 13.5 Å². The third-order valence-corrected chi connectivity index (χ3v) is 19.6. The van der Waals surface area contributed by atoms with Gasteiger partial charge in [0.05, 0.1) is 5.76 Å². The number of hydrogen-bond donors (Lipinski definition) is 1. The number of nitrogens with zero attached hydrogens (tertiary/aromatic N) is 1. The molecule has 1 aliphatic rings. The van der Waals surface area contributed by atoms with Crippen LogP contribution in [0.15, 0.2) is 89.2 Å². The molecule has 0 saturated carbocycles. The number of benzene rings is 4. The molecule has 1 radical (unpaired) electrons. The van der Waals surface area contributed by atoms with Crippen LogP contribution < -0.4 is 10.4 Å². The number of aromatic nitrogens is 1. The first-order valence-electron chi connectivity index (χ1n) is 20.5. The first kappa shape index (κ1) is 44.4. The Morgan fingerprint density at radius 2 is 1.44 bits per heavy atom. The molecule has 3 heterocycles. The van der Waals surface area contributed by atoms with Gasteiger partial charge in [-0.2, -0.15) is 0 Å². The van der Waals surface area contributed by atoms with Gasteiger partial charge in [-0.3, -0.25) is 9.78 Å². The van der Waals surface area contributed by atoms with Crippen molar-refractivity contribution in [1.29, 1.82) is 0 Å². The van der Waals surface area contributed by atoms with Crippen molar-refractivity contribution < 1.29 is 38.5 Å². The first-order valence-corrected chi connectivity index (χ1v) is 26.3. The summed E-state index contributed by atoms with van der Waals surface area (Å²) in [5.74, 6) is 0.547. The van der Waals surface area contributed by atoms with E-state index < -0.39 is 16.6 Å². The largest absolute Gasteiger partial charge is 0.512 e. The smallest absolute Gasteiger partial charge is 0.206 e. The fraction of sp³-hybridized carbons (Fsp3) is 0.388. The van der Waals surface area contributed by atoms with Gasteiger partial charge in [-0.15, -0.1) is 29.1 Å². The van der Waals surface area contributed by atoms with E-state index in [1.807, 2.05) is 33.9 Å². The monoisotopic (exact) mass is 975 g/mol. The number of carbonyl (C=O) groups is 1. The van der Waals surface area contributed by atoms with Crippen LogP contribution in [0.1, 0.15) is 85.3 Å². The Morgan fingerprint density at radius 1 is 0.807 bits per heavy atom. The van der Waals surface area contributed by atoms with E-state index in [1.165, 1.54) is 38.5 Å². The van der Waals surface area contributed by atoms with Gasteiger partial charge in [0.15, 0.2) is 5.78 Å². The van der Waals surface area contributed by atoms with E-state index in [-0.39, 0.29) is 48.9 Å². The maximum atomic E-state index is 11.7. The minimum Gasteiger partial charge on any atom is -0.512 e. The standard InChI is InChI=1S/C36H36NO2Si2.C13H24O2.Ir/c1-22-26(24-13-16-31-32(21-24)41(7,8)39-40(31,5)6)14-15-28-29-17-18-37-33(35(29)38-34(22)28)25-19-23-11-9-10-12-27(23)30(20-25)36(2,3)4;1-5-10(6-2)12(14)9-13(15)11(7-3)8-4;/h9-18,20-21H,1-8H3;9-11,14H,5-8H2,1-4H3;/q-1;;/b;12-9-;. The average molecular weight is 975 g/mol. The van der Waals surface area contributed by atoms with E-state index in [0.29, 0.717) is 0 Å². The first-order chi connectivity index (χ1) is 26.4. The molecule has 0 fully saturated rings. The van der Waals surface area contributed by atoms with Gasteiger partial charge in [0.2, 0.25) is 16.6 Å². The normalized spacial score (nSPS) is 14.9. The summed E-state index contributed by atoms with van der Waals surface area (Å²) < 4.78 is 13.4. The van der Waals surface area contributed by atoms with Crippen molar-refractivity contribution in [3.63, 3.8) is 0 Å². The Bertz CT molecular complexity index is 2450. The zero-order chi connectivity index (χ0) is 40.7. The van der Waals surface area contributed by atoms with Gasteiger partial charge in [0.25, 0.3) is 0 Å². The van der Waals surface area contributed by atoms with Gasteiger partial charge in [0.1, 0.15) is 11.2 Å². The van der Waals surface area contributed by atoms with Crippen LogP contribution in [0.5, 0.6) is 0 Å². The van der Waals surface area contributed by atoms with Crippen molar-refractivity contribution in [2.75, 3.05) is 0 Å². The predicted molar refractivity (Wildman–Crippen MR) is 241 cm³/mol. The van der Waals surface area contributed by atoms with Gasteiger partial charge < -0.3 is 13.6 Å². The molecule has 0 bridgehead atoms. The molecule has 1 aliphatic heterocycles. The van der Waals surface area contributed by atoms with Gasteiger partial charge >= 0.3 is 0 Å². The molecular formula is C49H60IrNO4Si2-. The van der Waals surface area contributed by atoms with E-state index in [0.717, 1.165) is 69.8 Å². The van der Waals surface area contributed by atoms with Gasteiger partial charge in [-0.05, 0) is 97.8 Å². The molecule has 1 N–H and O–H groups in total. The molecule has 303 valence electrons. The number of fused-ring (bicyclic) bond motifs is 5. The summed E-state index contributed by atoms with van der Waals surface area (Å²) in [5, 5.41) is 17.2. The van der Waals surface area contributed by atoms with Crippen molar-refractivity contribution in [3.05, 3.63) is 102 Å². The maximum absolute atomic E-state index is 11.7. The molecule has 5 nitrogen and oxygen atoms in total. The van der Waals surface area contributed by atoms with Crippen molar-refractivity contribution in [2.45, 2.75) is 113 Å². The molecule has 8 heteroatoms. The average Bonchev–Trinajstić information content (AvgIpc) is 3.63. The summed E-state index contributed by atoms with van der Waals surface area (Å²) in [6.07, 6.45) is 6.80. The van der Waals surface area contributed by atoms with Gasteiger partial charge in [0, 0.05) is 66.2 Å². The number of aliphatic hydroxyl groups is 1. The Hall–Kier alpha value is -3.66. The molecule has 0 unspecified atom stereocenters. The number of aryl methyl sites for hydroxylation is 1. The molecule has 0 amide bonds. The summed E-state index contributed by atoms with van der Waals surface area (Å²) in [4.78, 5) is 16.6. The number of carbonyl (C=O) groups excluding carboxylic acids is 1. The Labute approximate surface area is 355 Å². The number of allylic oxidation sites excluding steroid dienone is 2. The SMILES string of the molecule is CCC(CC)C(=O)/C=C(\O)C(CC)CC.Cc1c(-c2ccc3c(c2)[Si](C)(C)O[Si]3(C)C)ccc2c1oc1c(-c3[c-]c4ccccc4c(C(C)(C)C)c3)nccc12.[Ir]. The van der Waals surface area contributed by atoms with Crippen molar-refractivity contribution in [1.82, 2.24) is 4.98 Å². The molecule has 0 atom stereocenters. The number of aliphatic hydroxyl groups excluding tert-OH is 1. The van der Waals surface area contributed by atoms with Crippen molar-refractivity contribution in [2.24, 2.45) is 11.8 Å². The minimum atomic E-state index is -1.91. The van der Waals surface area contributed by atoms with Crippen LogP contribution in [-0.2, 0) is 34.4 Å². The third-order valence-electron chi connectivity index (χ3n) is 11.9. The van der Waals surface area contributed by atoms with Crippen molar-refractivity contribution in [3.8, 4) is 22.4 Å². The molecule has 0 aliphatic carbocycles. The van der Waals surface area contributed by atoms with Gasteiger partial charge in [-0.1, -0.05) is 102 Å². The number of pyridine rings is 1. The number of rotatable bonds is 9. The van der Waals surface area contributed by atoms with Crippen LogP contribution >= 0.6 is 0 Å². The minimum absolute atomic E-state index is 0. The second-order valence-electron chi connectivity index (χ2n) is 17.5. The summed E-state index contributed by atoms with van der Waals surface area (Å²) in [6, 6.07) is 27.9. The van der Waals surface area contributed by atoms with E-state index in [1.54, 1.807) is 0 Å². The van der Waals surface area contributed by atoms with Crippen molar-refractivity contribution >= 4 is 65.5 Å². The molecular weight excluding hydrogens is 915 g/mol. The number of furan rings is 1. The molecule has 57 heavy (non-hydrogen) atoms. The van der Waals surface area contributed by atoms with Crippen LogP contribution in [0.2, 0.25) is 26.2 Å². The molecule has 2 aromatic heterocycles. The number of ketones is 1. The van der Waals surface area contributed by atoms with Crippen LogP contribution in [0.3, 0.4) is 0 Å². The Kier molecular flexibility index (Phi) is 13.5. The topological polar surface area (TPSA) is 72.6 Å². The van der Waals surface area contributed by atoms with E-state index in [2.05, 4.69) is 127 Å². The molecule has 6 aromatic rings. The zero-order valence-corrected chi connectivity index (χ0v) is 40.3. The molecule has 4 aromatic carbocycles. The number of hydrogen-bond acceptors (Lipinski definition) is 5. The van der Waals surface area contributed by atoms with Crippen LogP contribution in [0, 0.1) is 24.8 Å². The van der Waals surface area contributed by atoms with Crippen LogP contribution in [0.25, 0.3) is 55.1 Å². The maximum Gasteiger partial charge on any atom is 0.206 e. The second kappa shape index (κ2) is 17.3. The quantitative estimate of drug-likeness (QED) is 0.0676. The third kappa shape index (κ3) is 8.72. The molecule has 0 saturated heterocycles. The van der Waals surface area contributed by atoms with Crippen LogP contribution in [-0.4, -0.2) is 32.5 Å². The Morgan fingerprint density at radius 3 is 2.09 bits per heavy atom. The predicted octanol–water partition coefficient (Wildman–Crippen LogP) is 12.6. The van der Waals surface area contributed by atoms with E-state index in [9.17, 15) is 9.90 Å². The molecule has 7 rings (SSSR count). The van der Waals surface area contributed by atoms with Crippen LogP contribution in [0.4, 0.5) is 0 Å². The summed E-state index contributed by atoms with van der Waals surface area (Å²) in [6.45, 7) is 26.3. The summed E-state index contributed by atoms with van der Waals surface area (Å²) in [5.41, 5.74) is 8.40. The zero-order valence-electron chi connectivity index (χ0n) is 35.9. The summed E-state index contributed by atoms with van der Waals surface area (Å²) in [7, 11) is -3.75. The summed E-state index contributed by atoms with van der Waals surface area (Å²) >= 11 is 0. The van der Waals surface area contributed by atoms with E-state index >= 15 is 0 Å². The molecule has 0 spiro atoms. The fourth-order valence-electron chi connectivity index (χ4n) is 8.65.